The Balaban J connectivity index is 0.00000370. The number of allylic oxidation sites excluding steroid dienone is 2. The van der Waals surface area contributed by atoms with Gasteiger partial charge in [0.25, 0.3) is 0 Å². The normalized spacial score (nSPS) is 45.8. The van der Waals surface area contributed by atoms with Gasteiger partial charge in [0.05, 0.1) is 12.2 Å². The number of carbonyl (C=O) groups is 1. The summed E-state index contributed by atoms with van der Waals surface area (Å²) >= 11 is 0. The van der Waals surface area contributed by atoms with Crippen molar-refractivity contribution < 1.29 is 66.1 Å². The fraction of sp³-hybridized carbons (Fsp3) is 0.900. The van der Waals surface area contributed by atoms with Crippen molar-refractivity contribution in [3.63, 3.8) is 0 Å². The Morgan fingerprint density at radius 2 is 1.75 bits per heavy atom. The Kier molecular flexibility index (Phi) is 9.45. The first-order chi connectivity index (χ1) is 18.1. The summed E-state index contributed by atoms with van der Waals surface area (Å²) in [4.78, 5) is 11.9. The molecule has 1 N–H and O–H groups in total. The number of aliphatic hydroxyl groups is 1. The first kappa shape index (κ1) is 32.9. The Hall–Kier alpha value is -0.000000000000000222. The van der Waals surface area contributed by atoms with Crippen molar-refractivity contribution in [3.05, 3.63) is 11.6 Å². The summed E-state index contributed by atoms with van der Waals surface area (Å²) in [7, 11) is -5.06. The number of fused-ring (bicyclic) bond motifs is 5. The molecule has 0 aromatic heterocycles. The van der Waals surface area contributed by atoms with Crippen LogP contribution in [-0.2, 0) is 28.9 Å². The molecule has 0 amide bonds. The Labute approximate surface area is 262 Å². The molecule has 13 atom stereocenters. The summed E-state index contributed by atoms with van der Waals surface area (Å²) in [6.07, 6.45) is 4.62. The number of rotatable bonds is 7. The predicted octanol–water partition coefficient (Wildman–Crippen LogP) is 1.62. The van der Waals surface area contributed by atoms with Gasteiger partial charge in [-0.05, 0) is 90.8 Å². The number of hydrogen-bond donors (Lipinski definition) is 1. The zero-order valence-electron chi connectivity index (χ0n) is 25.5. The van der Waals surface area contributed by atoms with Crippen molar-refractivity contribution >= 4 is 16.4 Å². The third-order valence-corrected chi connectivity index (χ3v) is 12.5. The molecule has 4 aliphatic carbocycles. The van der Waals surface area contributed by atoms with E-state index in [1.807, 2.05) is 0 Å². The first-order valence-corrected chi connectivity index (χ1v) is 16.3. The molecule has 40 heavy (non-hydrogen) atoms. The minimum absolute atomic E-state index is 0. The van der Waals surface area contributed by atoms with Crippen molar-refractivity contribution in [2.75, 3.05) is 0 Å². The molecule has 8 nitrogen and oxygen atoms in total. The molecule has 0 bridgehead atoms. The average molecular weight is 591 g/mol. The smallest absolute Gasteiger partial charge is 0.726 e. The molecule has 3 saturated carbocycles. The van der Waals surface area contributed by atoms with Gasteiger partial charge in [0.1, 0.15) is 18.3 Å². The number of epoxide rings is 1. The minimum atomic E-state index is -5.06. The summed E-state index contributed by atoms with van der Waals surface area (Å²) in [6, 6.07) is 0. The largest absolute Gasteiger partial charge is 1.00 e. The average Bonchev–Trinajstić information content (AvgIpc) is 3.54. The summed E-state index contributed by atoms with van der Waals surface area (Å²) in [5.74, 6) is 1.90. The van der Waals surface area contributed by atoms with Crippen LogP contribution < -0.4 is 29.6 Å². The van der Waals surface area contributed by atoms with Crippen LogP contribution in [0.25, 0.3) is 0 Å². The summed E-state index contributed by atoms with van der Waals surface area (Å²) in [5, 5.41) is 11.0. The third kappa shape index (κ3) is 5.64. The number of esters is 1. The molecule has 0 radical (unpaired) electrons. The molecule has 0 spiro atoms. The van der Waals surface area contributed by atoms with Crippen molar-refractivity contribution in [1.29, 1.82) is 0 Å². The fourth-order valence-electron chi connectivity index (χ4n) is 9.67. The maximum absolute atomic E-state index is 11.9. The van der Waals surface area contributed by atoms with E-state index in [0.717, 1.165) is 19.3 Å². The van der Waals surface area contributed by atoms with E-state index in [-0.39, 0.29) is 46.8 Å². The Morgan fingerprint density at radius 1 is 1.10 bits per heavy atom. The van der Waals surface area contributed by atoms with Gasteiger partial charge in [-0.25, -0.2) is 8.42 Å². The molecule has 222 valence electrons. The molecule has 0 aromatic carbocycles. The van der Waals surface area contributed by atoms with Crippen LogP contribution in [0.5, 0.6) is 0 Å². The quantitative estimate of drug-likeness (QED) is 0.118. The molecule has 0 unspecified atom stereocenters. The van der Waals surface area contributed by atoms with Crippen molar-refractivity contribution in [2.24, 2.45) is 52.3 Å². The molecule has 1 saturated heterocycles. The van der Waals surface area contributed by atoms with E-state index in [2.05, 4.69) is 47.6 Å². The van der Waals surface area contributed by atoms with Crippen LogP contribution in [0.15, 0.2) is 11.6 Å². The fourth-order valence-corrected chi connectivity index (χ4v) is 10.2. The Bertz CT molecular complexity index is 1110. The molecule has 1 aliphatic heterocycles. The van der Waals surface area contributed by atoms with E-state index < -0.39 is 40.1 Å². The molecule has 1 heterocycles. The summed E-state index contributed by atoms with van der Waals surface area (Å²) in [5.41, 5.74) is 1.13. The second-order valence-electron chi connectivity index (χ2n) is 14.2. The van der Waals surface area contributed by atoms with Gasteiger partial charge in [-0.15, -0.1) is 0 Å². The van der Waals surface area contributed by atoms with Crippen LogP contribution in [0, 0.1) is 52.3 Å². The molecule has 5 aliphatic rings. The maximum Gasteiger partial charge on any atom is 1.00 e. The monoisotopic (exact) mass is 590 g/mol. The standard InChI is InChI=1S/C30H48O8S.Na/c1-15(2)16(3)26-27(37-26)17(4)20-10-11-21-19-8-9-23-28(38-39(33,34)35)25(32)24(36-18(5)31)14-30(23,7)22(19)12-13-29(20,21)6;/h8,15-17,20-28,32H,9-14H2,1-7H3,(H,33,34,35);/q;+1/p-1/t16-,17-,20+,21-,22-,23-,24+,25-,26-,27-,28-,29+,30+;/m0./s1. The number of hydrogen-bond acceptors (Lipinski definition) is 8. The van der Waals surface area contributed by atoms with Gasteiger partial charge in [0.2, 0.25) is 10.4 Å². The molecule has 10 heteroatoms. The second-order valence-corrected chi connectivity index (χ2v) is 15.2. The molecular formula is C30H47NaO8S. The van der Waals surface area contributed by atoms with E-state index in [9.17, 15) is 22.9 Å². The van der Waals surface area contributed by atoms with Gasteiger partial charge in [0.15, 0.2) is 0 Å². The number of aliphatic hydroxyl groups excluding tert-OH is 1. The second kappa shape index (κ2) is 11.5. The number of carbonyl (C=O) groups excluding carboxylic acids is 1. The molecule has 0 aromatic rings. The molecular weight excluding hydrogens is 543 g/mol. The van der Waals surface area contributed by atoms with Crippen molar-refractivity contribution in [3.8, 4) is 0 Å². The van der Waals surface area contributed by atoms with Crippen LogP contribution >= 0.6 is 0 Å². The maximum atomic E-state index is 11.9. The number of ether oxygens (including phenoxy) is 2. The van der Waals surface area contributed by atoms with Crippen LogP contribution in [-0.4, -0.2) is 54.6 Å². The summed E-state index contributed by atoms with van der Waals surface area (Å²) < 4.78 is 51.7. The van der Waals surface area contributed by atoms with E-state index in [4.69, 9.17) is 13.7 Å². The Morgan fingerprint density at radius 3 is 2.35 bits per heavy atom. The zero-order chi connectivity index (χ0) is 28.7. The topological polar surface area (TPSA) is 125 Å². The van der Waals surface area contributed by atoms with Crippen LogP contribution in [0.4, 0.5) is 0 Å². The van der Waals surface area contributed by atoms with Crippen LogP contribution in [0.2, 0.25) is 0 Å². The van der Waals surface area contributed by atoms with Gasteiger partial charge in [-0.3, -0.25) is 8.98 Å². The van der Waals surface area contributed by atoms with E-state index in [0.29, 0.717) is 54.6 Å². The zero-order valence-corrected chi connectivity index (χ0v) is 28.3. The van der Waals surface area contributed by atoms with E-state index in [1.165, 1.54) is 18.9 Å². The van der Waals surface area contributed by atoms with Crippen LogP contribution in [0.1, 0.15) is 87.0 Å². The summed E-state index contributed by atoms with van der Waals surface area (Å²) in [6.45, 7) is 15.1. The molecule has 5 rings (SSSR count). The third-order valence-electron chi connectivity index (χ3n) is 12.0. The molecule has 4 fully saturated rings. The van der Waals surface area contributed by atoms with Gasteiger partial charge >= 0.3 is 35.5 Å². The predicted molar refractivity (Wildman–Crippen MR) is 144 cm³/mol. The SMILES string of the molecule is CC(=O)O[C@@H]1C[C@]2(C)[C@H]3CC[C@]4(C)[C@@H]([C@H](C)[C@@H]5O[C@H]5[C@@H](C)C(C)C)CC[C@H]4C3=CC[C@H]2[C@H](OS(=O)(=O)[O-])[C@H]1O.[Na+]. The first-order valence-electron chi connectivity index (χ1n) is 14.9. The van der Waals surface area contributed by atoms with Gasteiger partial charge in [-0.1, -0.05) is 53.2 Å². The van der Waals surface area contributed by atoms with Gasteiger partial charge in [0, 0.05) is 6.92 Å². The van der Waals surface area contributed by atoms with Crippen molar-refractivity contribution in [1.82, 2.24) is 0 Å². The van der Waals surface area contributed by atoms with Crippen LogP contribution in [0.3, 0.4) is 0 Å². The van der Waals surface area contributed by atoms with Crippen molar-refractivity contribution in [2.45, 2.75) is 118 Å². The van der Waals surface area contributed by atoms with E-state index in [1.54, 1.807) is 0 Å². The minimum Gasteiger partial charge on any atom is -0.726 e. The van der Waals surface area contributed by atoms with Gasteiger partial charge < -0.3 is 19.1 Å². The van der Waals surface area contributed by atoms with E-state index >= 15 is 0 Å². The van der Waals surface area contributed by atoms with Gasteiger partial charge in [-0.2, -0.15) is 0 Å².